The van der Waals surface area contributed by atoms with Crippen molar-refractivity contribution in [3.63, 3.8) is 0 Å². The van der Waals surface area contributed by atoms with Gasteiger partial charge in [-0.25, -0.2) is 14.0 Å². The van der Waals surface area contributed by atoms with Crippen LogP contribution in [0.25, 0.3) is 0 Å². The van der Waals surface area contributed by atoms with Gasteiger partial charge in [-0.15, -0.1) is 13.2 Å². The van der Waals surface area contributed by atoms with Crippen molar-refractivity contribution in [1.82, 2.24) is 15.1 Å². The highest BCUT2D eigenvalue weighted by Gasteiger charge is 2.42. The lowest BCUT2D eigenvalue weighted by atomic mass is 9.94. The van der Waals surface area contributed by atoms with E-state index in [1.807, 2.05) is 0 Å². The summed E-state index contributed by atoms with van der Waals surface area (Å²) < 4.78 is 59.4. The number of benzene rings is 1. The molecule has 12 heteroatoms. The fraction of sp³-hybridized carbons (Fsp3) is 0.600. The van der Waals surface area contributed by atoms with Gasteiger partial charge in [0.2, 0.25) is 0 Å². The van der Waals surface area contributed by atoms with Gasteiger partial charge in [0.05, 0.1) is 13.2 Å². The molecule has 1 saturated carbocycles. The SMILES string of the molecule is COC(=O)N1CC(CO)CC(N(C(=O)NCc2ccc(OC(F)(F)F)cc2F)C2CC2)C1. The second-order valence-corrected chi connectivity index (χ2v) is 7.91. The molecular formula is C20H25F4N3O5. The lowest BCUT2D eigenvalue weighted by molar-refractivity contribution is -0.274. The molecule has 1 aromatic carbocycles. The Labute approximate surface area is 182 Å². The van der Waals surface area contributed by atoms with Crippen molar-refractivity contribution in [2.75, 3.05) is 26.8 Å². The van der Waals surface area contributed by atoms with Crippen molar-refractivity contribution in [3.05, 3.63) is 29.6 Å². The molecule has 0 bridgehead atoms. The maximum absolute atomic E-state index is 14.2. The van der Waals surface area contributed by atoms with Crippen LogP contribution >= 0.6 is 0 Å². The Balaban J connectivity index is 1.66. The minimum atomic E-state index is -4.93. The van der Waals surface area contributed by atoms with Gasteiger partial charge < -0.3 is 29.7 Å². The molecule has 3 amide bonds. The number of rotatable bonds is 6. The highest BCUT2D eigenvalue weighted by atomic mass is 19.4. The van der Waals surface area contributed by atoms with Gasteiger partial charge in [0.1, 0.15) is 11.6 Å². The van der Waals surface area contributed by atoms with Gasteiger partial charge in [0.25, 0.3) is 0 Å². The molecule has 0 aromatic heterocycles. The summed E-state index contributed by atoms with van der Waals surface area (Å²) in [6.45, 7) is 0.168. The number of nitrogens with one attached hydrogen (secondary N) is 1. The number of urea groups is 1. The van der Waals surface area contributed by atoms with Crippen molar-refractivity contribution in [2.24, 2.45) is 5.92 Å². The average Bonchev–Trinajstić information content (AvgIpc) is 3.56. The van der Waals surface area contributed by atoms with Crippen molar-refractivity contribution < 1.29 is 41.7 Å². The normalized spacial score (nSPS) is 21.1. The summed E-state index contributed by atoms with van der Waals surface area (Å²) in [4.78, 5) is 28.0. The summed E-state index contributed by atoms with van der Waals surface area (Å²) >= 11 is 0. The van der Waals surface area contributed by atoms with Crippen LogP contribution in [0.4, 0.5) is 27.2 Å². The zero-order chi connectivity index (χ0) is 23.5. The number of amides is 3. The molecule has 2 aliphatic rings. The Morgan fingerprint density at radius 1 is 1.25 bits per heavy atom. The molecule has 2 unspecified atom stereocenters. The monoisotopic (exact) mass is 463 g/mol. The number of aliphatic hydroxyl groups is 1. The average molecular weight is 463 g/mol. The number of hydrogen-bond acceptors (Lipinski definition) is 5. The highest BCUT2D eigenvalue weighted by molar-refractivity contribution is 5.75. The number of piperidine rings is 1. The Kier molecular flexibility index (Phi) is 7.32. The molecule has 2 atom stereocenters. The molecule has 0 spiro atoms. The number of hydrogen-bond donors (Lipinski definition) is 2. The Morgan fingerprint density at radius 2 is 1.97 bits per heavy atom. The summed E-state index contributed by atoms with van der Waals surface area (Å²) in [6, 6.07) is 1.81. The number of alkyl halides is 3. The molecular weight excluding hydrogens is 438 g/mol. The number of carbonyl (C=O) groups is 2. The molecule has 2 fully saturated rings. The summed E-state index contributed by atoms with van der Waals surface area (Å²) in [6.07, 6.45) is -3.43. The van der Waals surface area contributed by atoms with Crippen LogP contribution < -0.4 is 10.1 Å². The van der Waals surface area contributed by atoms with Crippen LogP contribution in [0, 0.1) is 11.7 Å². The van der Waals surface area contributed by atoms with Gasteiger partial charge in [0, 0.05) is 49.8 Å². The summed E-state index contributed by atoms with van der Waals surface area (Å²) in [7, 11) is 1.25. The van der Waals surface area contributed by atoms with Gasteiger partial charge in [-0.3, -0.25) is 0 Å². The Morgan fingerprint density at radius 3 is 2.53 bits per heavy atom. The highest BCUT2D eigenvalue weighted by Crippen LogP contribution is 2.33. The van der Waals surface area contributed by atoms with Crippen LogP contribution in [0.1, 0.15) is 24.8 Å². The topological polar surface area (TPSA) is 91.3 Å². The van der Waals surface area contributed by atoms with E-state index < -0.39 is 30.1 Å². The maximum Gasteiger partial charge on any atom is 0.573 e. The van der Waals surface area contributed by atoms with Crippen molar-refractivity contribution in [1.29, 1.82) is 0 Å². The third kappa shape index (κ3) is 6.15. The van der Waals surface area contributed by atoms with Crippen LogP contribution in [0.3, 0.4) is 0 Å². The number of carbonyl (C=O) groups excluding carboxylic acids is 2. The minimum absolute atomic E-state index is 0.00307. The quantitative estimate of drug-likeness (QED) is 0.634. The fourth-order valence-electron chi connectivity index (χ4n) is 3.90. The predicted octanol–water partition coefficient (Wildman–Crippen LogP) is 2.85. The summed E-state index contributed by atoms with van der Waals surface area (Å²) in [5.74, 6) is -1.86. The van der Waals surface area contributed by atoms with Gasteiger partial charge >= 0.3 is 18.5 Å². The van der Waals surface area contributed by atoms with E-state index in [1.54, 1.807) is 4.90 Å². The van der Waals surface area contributed by atoms with E-state index in [4.69, 9.17) is 4.74 Å². The summed E-state index contributed by atoms with van der Waals surface area (Å²) in [5.41, 5.74) is -0.00307. The molecule has 8 nitrogen and oxygen atoms in total. The molecule has 0 radical (unpaired) electrons. The van der Waals surface area contributed by atoms with E-state index >= 15 is 0 Å². The van der Waals surface area contributed by atoms with Crippen LogP contribution in [0.15, 0.2) is 18.2 Å². The Hall–Kier alpha value is -2.76. The van der Waals surface area contributed by atoms with Crippen LogP contribution in [-0.4, -0.2) is 72.3 Å². The van der Waals surface area contributed by atoms with Gasteiger partial charge in [-0.1, -0.05) is 6.07 Å². The largest absolute Gasteiger partial charge is 0.573 e. The second-order valence-electron chi connectivity index (χ2n) is 7.91. The maximum atomic E-state index is 14.2. The molecule has 2 N–H and O–H groups in total. The molecule has 32 heavy (non-hydrogen) atoms. The minimum Gasteiger partial charge on any atom is -0.453 e. The number of nitrogens with zero attached hydrogens (tertiary/aromatic N) is 2. The Bertz CT molecular complexity index is 834. The lowest BCUT2D eigenvalue weighted by Gasteiger charge is -2.41. The zero-order valence-electron chi connectivity index (χ0n) is 17.4. The molecule has 1 saturated heterocycles. The van der Waals surface area contributed by atoms with Crippen molar-refractivity contribution in [2.45, 2.75) is 44.3 Å². The van der Waals surface area contributed by atoms with E-state index in [2.05, 4.69) is 10.1 Å². The van der Waals surface area contributed by atoms with Crippen molar-refractivity contribution >= 4 is 12.1 Å². The zero-order valence-corrected chi connectivity index (χ0v) is 17.4. The van der Waals surface area contributed by atoms with Crippen LogP contribution in [-0.2, 0) is 11.3 Å². The fourth-order valence-corrected chi connectivity index (χ4v) is 3.90. The first-order valence-electron chi connectivity index (χ1n) is 10.1. The van der Waals surface area contributed by atoms with Crippen LogP contribution in [0.5, 0.6) is 5.75 Å². The number of halogens is 4. The van der Waals surface area contributed by atoms with E-state index in [0.717, 1.165) is 25.0 Å². The summed E-state index contributed by atoms with van der Waals surface area (Å²) in [5, 5.41) is 12.2. The van der Waals surface area contributed by atoms with Gasteiger partial charge in [-0.2, -0.15) is 0 Å². The van der Waals surface area contributed by atoms with Gasteiger partial charge in [-0.05, 0) is 25.3 Å². The van der Waals surface area contributed by atoms with Crippen LogP contribution in [0.2, 0.25) is 0 Å². The number of ether oxygens (including phenoxy) is 2. The van der Waals surface area contributed by atoms with E-state index in [0.29, 0.717) is 19.0 Å². The number of methoxy groups -OCH3 is 1. The van der Waals surface area contributed by atoms with Crippen molar-refractivity contribution in [3.8, 4) is 5.75 Å². The molecule has 1 aliphatic heterocycles. The third-order valence-corrected chi connectivity index (χ3v) is 5.46. The first kappa shape index (κ1) is 23.9. The molecule has 178 valence electrons. The first-order chi connectivity index (χ1) is 15.1. The van der Waals surface area contributed by atoms with E-state index in [-0.39, 0.29) is 43.3 Å². The molecule has 1 heterocycles. The second kappa shape index (κ2) is 9.80. The third-order valence-electron chi connectivity index (χ3n) is 5.46. The van der Waals surface area contributed by atoms with Gasteiger partial charge in [0.15, 0.2) is 0 Å². The smallest absolute Gasteiger partial charge is 0.453 e. The first-order valence-corrected chi connectivity index (χ1v) is 10.1. The molecule has 1 aromatic rings. The van der Waals surface area contributed by atoms with E-state index in [1.165, 1.54) is 12.0 Å². The lowest BCUT2D eigenvalue weighted by Crippen LogP contribution is -2.57. The molecule has 1 aliphatic carbocycles. The molecule has 3 rings (SSSR count). The predicted molar refractivity (Wildman–Crippen MR) is 103 cm³/mol. The number of aliphatic hydroxyl groups excluding tert-OH is 1. The number of likely N-dealkylation sites (tertiary alicyclic amines) is 1. The van der Waals surface area contributed by atoms with E-state index in [9.17, 15) is 32.3 Å². The standard InChI is InChI=1S/C20H25F4N3O5/c1-31-19(30)26-9-12(11-28)6-15(10-26)27(14-3-4-14)18(29)25-8-13-2-5-16(7-17(13)21)32-20(22,23)24/h2,5,7,12,14-15,28H,3-4,6,8-11H2,1H3,(H,25,29).